The summed E-state index contributed by atoms with van der Waals surface area (Å²) in [6, 6.07) is 54.8. The van der Waals surface area contributed by atoms with Crippen molar-refractivity contribution in [1.82, 2.24) is 14.5 Å². The molecule has 0 N–H and O–H groups in total. The summed E-state index contributed by atoms with van der Waals surface area (Å²) in [5.41, 5.74) is 10.1. The lowest BCUT2D eigenvalue weighted by atomic mass is 9.89. The molecule has 218 valence electrons. The predicted molar refractivity (Wildman–Crippen MR) is 196 cm³/mol. The second kappa shape index (κ2) is 10.1. The quantitative estimate of drug-likeness (QED) is 0.189. The highest BCUT2D eigenvalue weighted by atomic mass is 15.0. The van der Waals surface area contributed by atoms with E-state index in [0.717, 1.165) is 17.0 Å². The number of pyridine rings is 2. The number of nitrogens with zero attached hydrogens (tertiary/aromatic N) is 3. The molecule has 0 saturated carbocycles. The van der Waals surface area contributed by atoms with Crippen LogP contribution < -0.4 is 0 Å². The number of para-hydroxylation sites is 2. The Hall–Kier alpha value is -6.32. The largest absolute Gasteiger partial charge is 0.309 e. The van der Waals surface area contributed by atoms with Gasteiger partial charge in [0.25, 0.3) is 0 Å². The molecule has 0 atom stereocenters. The van der Waals surface area contributed by atoms with E-state index in [9.17, 15) is 0 Å². The molecule has 3 heteroatoms. The van der Waals surface area contributed by atoms with E-state index in [2.05, 4.69) is 143 Å². The zero-order valence-electron chi connectivity index (χ0n) is 25.4. The van der Waals surface area contributed by atoms with Crippen LogP contribution in [0.25, 0.3) is 93.5 Å². The summed E-state index contributed by atoms with van der Waals surface area (Å²) in [6.07, 6.45) is 3.76. The molecule has 0 aliphatic rings. The Morgan fingerprint density at radius 1 is 0.383 bits per heavy atom. The molecule has 0 amide bonds. The van der Waals surface area contributed by atoms with E-state index in [1.807, 2.05) is 24.4 Å². The van der Waals surface area contributed by atoms with Crippen LogP contribution in [0.5, 0.6) is 0 Å². The lowest BCUT2D eigenvalue weighted by molar-refractivity contribution is 1.18. The van der Waals surface area contributed by atoms with Gasteiger partial charge in [0.2, 0.25) is 0 Å². The molecule has 10 aromatic rings. The second-order valence-corrected chi connectivity index (χ2v) is 12.3. The minimum absolute atomic E-state index is 0.878. The van der Waals surface area contributed by atoms with Crippen LogP contribution in [-0.4, -0.2) is 14.5 Å². The van der Waals surface area contributed by atoms with E-state index < -0.39 is 0 Å². The molecule has 3 aromatic heterocycles. The van der Waals surface area contributed by atoms with Crippen molar-refractivity contribution in [2.45, 2.75) is 0 Å². The summed E-state index contributed by atoms with van der Waals surface area (Å²) in [6.45, 7) is 0. The van der Waals surface area contributed by atoms with E-state index >= 15 is 0 Å². The fourth-order valence-electron chi connectivity index (χ4n) is 7.41. The van der Waals surface area contributed by atoms with E-state index in [-0.39, 0.29) is 0 Å². The van der Waals surface area contributed by atoms with Crippen LogP contribution in [0.15, 0.2) is 164 Å². The van der Waals surface area contributed by atoms with Gasteiger partial charge in [0.15, 0.2) is 0 Å². The molecule has 10 rings (SSSR count). The zero-order chi connectivity index (χ0) is 30.9. The number of aromatic nitrogens is 3. The number of fused-ring (bicyclic) bond motifs is 3. The Kier molecular flexibility index (Phi) is 5.57. The van der Waals surface area contributed by atoms with Gasteiger partial charge in [-0.3, -0.25) is 9.97 Å². The van der Waals surface area contributed by atoms with Crippen LogP contribution in [0.2, 0.25) is 0 Å². The van der Waals surface area contributed by atoms with Crippen molar-refractivity contribution >= 4 is 54.1 Å². The van der Waals surface area contributed by atoms with Gasteiger partial charge in [-0.05, 0) is 116 Å². The standard InChI is InChI=1S/C44H27N3/c1-2-8-36(9-3-1)47-41-12-5-4-10-37(41)38-19-17-28(26-42(38)47)34-22-29-13-15-31-24-35(25-32-16-14-30(23-34)43(29)44(31)32)33-18-20-40(46-27-33)39-11-6-7-21-45-39/h1-27H. The molecule has 0 aliphatic carbocycles. The number of rotatable bonds is 4. The molecule has 0 fully saturated rings. The Labute approximate surface area is 271 Å². The third-order valence-corrected chi connectivity index (χ3v) is 9.58. The van der Waals surface area contributed by atoms with Crippen LogP contribution in [-0.2, 0) is 0 Å². The first-order valence-electron chi connectivity index (χ1n) is 16.0. The van der Waals surface area contributed by atoms with E-state index in [1.165, 1.54) is 76.5 Å². The lowest BCUT2D eigenvalue weighted by Crippen LogP contribution is -1.93. The molecule has 0 saturated heterocycles. The first kappa shape index (κ1) is 26.0. The smallest absolute Gasteiger partial charge is 0.0886 e. The minimum atomic E-state index is 0.878. The maximum atomic E-state index is 4.73. The van der Waals surface area contributed by atoms with E-state index in [4.69, 9.17) is 4.98 Å². The van der Waals surface area contributed by atoms with Gasteiger partial charge in [-0.1, -0.05) is 84.9 Å². The number of hydrogen-bond donors (Lipinski definition) is 0. The summed E-state index contributed by atoms with van der Waals surface area (Å²) < 4.78 is 2.39. The summed E-state index contributed by atoms with van der Waals surface area (Å²) >= 11 is 0. The summed E-state index contributed by atoms with van der Waals surface area (Å²) in [5.74, 6) is 0. The minimum Gasteiger partial charge on any atom is -0.309 e. The van der Waals surface area contributed by atoms with Crippen LogP contribution in [0.4, 0.5) is 0 Å². The molecular weight excluding hydrogens is 571 g/mol. The SMILES string of the molecule is c1ccc(-n2c3ccccc3c3ccc(-c4cc5ccc6cc(-c7ccc(-c8ccccn8)nc7)cc7ccc(c4)c5c67)cc32)cc1. The maximum Gasteiger partial charge on any atom is 0.0886 e. The Morgan fingerprint density at radius 3 is 1.64 bits per heavy atom. The first-order valence-corrected chi connectivity index (χ1v) is 16.0. The molecule has 0 bridgehead atoms. The van der Waals surface area contributed by atoms with Gasteiger partial charge in [-0.15, -0.1) is 0 Å². The van der Waals surface area contributed by atoms with Crippen molar-refractivity contribution < 1.29 is 0 Å². The summed E-state index contributed by atoms with van der Waals surface area (Å²) in [5, 5.41) is 10.2. The Balaban J connectivity index is 1.10. The van der Waals surface area contributed by atoms with Gasteiger partial charge in [0, 0.05) is 34.4 Å². The molecule has 0 radical (unpaired) electrons. The molecule has 47 heavy (non-hydrogen) atoms. The molecule has 3 heterocycles. The van der Waals surface area contributed by atoms with Crippen LogP contribution in [0, 0.1) is 0 Å². The van der Waals surface area contributed by atoms with Gasteiger partial charge >= 0.3 is 0 Å². The fraction of sp³-hybridized carbons (Fsp3) is 0. The predicted octanol–water partition coefficient (Wildman–Crippen LogP) is 11.5. The zero-order valence-corrected chi connectivity index (χ0v) is 25.4. The highest BCUT2D eigenvalue weighted by Crippen LogP contribution is 2.41. The van der Waals surface area contributed by atoms with E-state index in [0.29, 0.717) is 0 Å². The molecule has 0 spiro atoms. The van der Waals surface area contributed by atoms with Gasteiger partial charge in [-0.2, -0.15) is 0 Å². The van der Waals surface area contributed by atoms with Crippen LogP contribution in [0.3, 0.4) is 0 Å². The third-order valence-electron chi connectivity index (χ3n) is 9.58. The Bertz CT molecular complexity index is 2690. The summed E-state index contributed by atoms with van der Waals surface area (Å²) in [4.78, 5) is 9.18. The Morgan fingerprint density at radius 2 is 0.979 bits per heavy atom. The monoisotopic (exact) mass is 597 g/mol. The second-order valence-electron chi connectivity index (χ2n) is 12.3. The van der Waals surface area contributed by atoms with Crippen molar-refractivity contribution in [2.24, 2.45) is 0 Å². The lowest BCUT2D eigenvalue weighted by Gasteiger charge is -2.15. The highest BCUT2D eigenvalue weighted by molar-refractivity contribution is 6.24. The van der Waals surface area contributed by atoms with Crippen molar-refractivity contribution in [3.63, 3.8) is 0 Å². The topological polar surface area (TPSA) is 30.7 Å². The van der Waals surface area contributed by atoms with E-state index in [1.54, 1.807) is 6.20 Å². The molecule has 3 nitrogen and oxygen atoms in total. The van der Waals surface area contributed by atoms with Crippen molar-refractivity contribution in [3.05, 3.63) is 164 Å². The van der Waals surface area contributed by atoms with Crippen LogP contribution >= 0.6 is 0 Å². The van der Waals surface area contributed by atoms with Gasteiger partial charge in [-0.25, -0.2) is 0 Å². The fourth-order valence-corrected chi connectivity index (χ4v) is 7.41. The first-order chi connectivity index (χ1) is 23.3. The number of hydrogen-bond acceptors (Lipinski definition) is 2. The normalized spacial score (nSPS) is 11.8. The molecule has 0 unspecified atom stereocenters. The van der Waals surface area contributed by atoms with Crippen molar-refractivity contribution in [1.29, 1.82) is 0 Å². The molecular formula is C44H27N3. The maximum absolute atomic E-state index is 4.73. The summed E-state index contributed by atoms with van der Waals surface area (Å²) in [7, 11) is 0. The van der Waals surface area contributed by atoms with Gasteiger partial charge in [0.05, 0.1) is 22.4 Å². The van der Waals surface area contributed by atoms with Gasteiger partial charge in [0.1, 0.15) is 0 Å². The molecule has 7 aromatic carbocycles. The highest BCUT2D eigenvalue weighted by Gasteiger charge is 2.15. The van der Waals surface area contributed by atoms with Gasteiger partial charge < -0.3 is 4.57 Å². The van der Waals surface area contributed by atoms with Crippen LogP contribution in [0.1, 0.15) is 0 Å². The number of benzene rings is 7. The van der Waals surface area contributed by atoms with Crippen molar-refractivity contribution in [2.75, 3.05) is 0 Å². The average Bonchev–Trinajstić information content (AvgIpc) is 3.48. The average molecular weight is 598 g/mol. The van der Waals surface area contributed by atoms with Crippen molar-refractivity contribution in [3.8, 4) is 39.3 Å². The molecule has 0 aliphatic heterocycles. The third kappa shape index (κ3) is 4.07.